The van der Waals surface area contributed by atoms with Gasteiger partial charge in [-0.2, -0.15) is 0 Å². The van der Waals surface area contributed by atoms with Gasteiger partial charge in [0.25, 0.3) is 0 Å². The summed E-state index contributed by atoms with van der Waals surface area (Å²) in [6.07, 6.45) is -0.941. The molecule has 0 saturated carbocycles. The number of hydrogen-bond acceptors (Lipinski definition) is 6. The van der Waals surface area contributed by atoms with Crippen LogP contribution in [-0.2, 0) is 9.53 Å². The van der Waals surface area contributed by atoms with E-state index in [4.69, 9.17) is 26.2 Å². The number of carboxylic acids is 1. The number of nitrogens with zero attached hydrogens (tertiary/aromatic N) is 1. The zero-order valence-corrected chi connectivity index (χ0v) is 14.0. The van der Waals surface area contributed by atoms with Gasteiger partial charge >= 0.3 is 17.7 Å². The van der Waals surface area contributed by atoms with Crippen LogP contribution in [0.3, 0.4) is 0 Å². The molecule has 0 fully saturated rings. The quantitative estimate of drug-likeness (QED) is 0.589. The van der Waals surface area contributed by atoms with Gasteiger partial charge in [-0.05, 0) is 32.9 Å². The van der Waals surface area contributed by atoms with E-state index in [1.54, 1.807) is 20.8 Å². The molecular formula is C14H17ClN2O7. The summed E-state index contributed by atoms with van der Waals surface area (Å²) in [4.78, 5) is 33.1. The van der Waals surface area contributed by atoms with E-state index in [0.29, 0.717) is 0 Å². The smallest absolute Gasteiger partial charge is 0.408 e. The summed E-state index contributed by atoms with van der Waals surface area (Å²) in [5, 5.41) is 22.3. The van der Waals surface area contributed by atoms with Crippen LogP contribution in [0.25, 0.3) is 0 Å². The number of halogens is 1. The number of nitro benzene ring substituents is 1. The van der Waals surface area contributed by atoms with E-state index < -0.39 is 40.9 Å². The van der Waals surface area contributed by atoms with Crippen LogP contribution in [0, 0.1) is 10.1 Å². The first-order chi connectivity index (χ1) is 11.0. The van der Waals surface area contributed by atoms with Crippen LogP contribution in [0.5, 0.6) is 5.75 Å². The van der Waals surface area contributed by atoms with Crippen LogP contribution < -0.4 is 10.1 Å². The second kappa shape index (κ2) is 7.82. The minimum Gasteiger partial charge on any atom is -0.484 e. The normalized spacial score (nSPS) is 12.2. The number of carbonyl (C=O) groups is 2. The lowest BCUT2D eigenvalue weighted by Gasteiger charge is -2.22. The molecule has 1 rings (SSSR count). The van der Waals surface area contributed by atoms with E-state index in [0.717, 1.165) is 6.07 Å². The van der Waals surface area contributed by atoms with Gasteiger partial charge in [-0.15, -0.1) is 0 Å². The van der Waals surface area contributed by atoms with Gasteiger partial charge in [0.05, 0.1) is 4.92 Å². The number of ether oxygens (including phenoxy) is 2. The molecule has 0 saturated heterocycles. The van der Waals surface area contributed by atoms with E-state index in [1.807, 2.05) is 0 Å². The maximum atomic E-state index is 11.6. The van der Waals surface area contributed by atoms with Crippen molar-refractivity contribution in [2.75, 3.05) is 6.61 Å². The molecule has 24 heavy (non-hydrogen) atoms. The zero-order valence-electron chi connectivity index (χ0n) is 13.2. The van der Waals surface area contributed by atoms with Gasteiger partial charge in [0.1, 0.15) is 12.2 Å². The fourth-order valence-electron chi connectivity index (χ4n) is 1.55. The van der Waals surface area contributed by atoms with Gasteiger partial charge < -0.3 is 19.9 Å². The summed E-state index contributed by atoms with van der Waals surface area (Å²) in [5.74, 6) is -1.54. The number of hydrogen-bond donors (Lipinski definition) is 2. The fourth-order valence-corrected chi connectivity index (χ4v) is 1.72. The van der Waals surface area contributed by atoms with E-state index in [1.165, 1.54) is 12.1 Å². The van der Waals surface area contributed by atoms with E-state index >= 15 is 0 Å². The summed E-state index contributed by atoms with van der Waals surface area (Å²) in [5.41, 5.74) is -1.22. The lowest BCUT2D eigenvalue weighted by atomic mass is 10.2. The number of alkyl carbamates (subject to hydrolysis) is 1. The number of rotatable bonds is 6. The maximum Gasteiger partial charge on any atom is 0.408 e. The molecule has 0 heterocycles. The number of nitro groups is 1. The summed E-state index contributed by atoms with van der Waals surface area (Å²) < 4.78 is 10.1. The minimum atomic E-state index is -1.45. The molecule has 0 radical (unpaired) electrons. The molecule has 0 spiro atoms. The molecule has 0 unspecified atom stereocenters. The molecule has 0 aliphatic rings. The Balaban J connectivity index is 2.80. The highest BCUT2D eigenvalue weighted by molar-refractivity contribution is 6.30. The van der Waals surface area contributed by atoms with Crippen molar-refractivity contribution in [3.8, 4) is 5.75 Å². The predicted molar refractivity (Wildman–Crippen MR) is 84.4 cm³/mol. The molecule has 0 bridgehead atoms. The Hall–Kier alpha value is -2.55. The average molecular weight is 361 g/mol. The van der Waals surface area contributed by atoms with Crippen LogP contribution in [0.1, 0.15) is 20.8 Å². The molecule has 0 aliphatic carbocycles. The Morgan fingerprint density at radius 2 is 2.04 bits per heavy atom. The third kappa shape index (κ3) is 6.29. The minimum absolute atomic E-state index is 0.135. The lowest BCUT2D eigenvalue weighted by molar-refractivity contribution is -0.385. The highest BCUT2D eigenvalue weighted by Gasteiger charge is 2.26. The molecule has 10 heteroatoms. The van der Waals surface area contributed by atoms with E-state index in [2.05, 4.69) is 5.32 Å². The largest absolute Gasteiger partial charge is 0.484 e. The van der Waals surface area contributed by atoms with Crippen LogP contribution in [0.4, 0.5) is 10.5 Å². The Bertz CT molecular complexity index is 643. The summed E-state index contributed by atoms with van der Waals surface area (Å²) >= 11 is 5.68. The van der Waals surface area contributed by atoms with Gasteiger partial charge in [0.2, 0.25) is 0 Å². The predicted octanol–water partition coefficient (Wildman–Crippen LogP) is 2.60. The molecule has 1 atom stereocenters. The Kier molecular flexibility index (Phi) is 6.35. The number of carbonyl (C=O) groups excluding carboxylic acids is 1. The van der Waals surface area contributed by atoms with Crippen molar-refractivity contribution in [1.82, 2.24) is 5.32 Å². The van der Waals surface area contributed by atoms with Crippen molar-refractivity contribution < 1.29 is 29.1 Å². The molecule has 1 aromatic carbocycles. The van der Waals surface area contributed by atoms with Gasteiger partial charge in [0, 0.05) is 11.1 Å². The van der Waals surface area contributed by atoms with Crippen molar-refractivity contribution in [3.63, 3.8) is 0 Å². The van der Waals surface area contributed by atoms with Crippen molar-refractivity contribution in [2.24, 2.45) is 0 Å². The number of nitrogens with one attached hydrogen (secondary N) is 1. The summed E-state index contributed by atoms with van der Waals surface area (Å²) in [6, 6.07) is 2.23. The fraction of sp³-hybridized carbons (Fsp3) is 0.429. The first-order valence-electron chi connectivity index (χ1n) is 6.78. The Labute approximate surface area is 142 Å². The van der Waals surface area contributed by atoms with Crippen LogP contribution >= 0.6 is 11.6 Å². The van der Waals surface area contributed by atoms with Crippen molar-refractivity contribution in [3.05, 3.63) is 33.3 Å². The molecular weight excluding hydrogens is 344 g/mol. The van der Waals surface area contributed by atoms with Gasteiger partial charge in [-0.25, -0.2) is 9.59 Å². The maximum absolute atomic E-state index is 11.6. The van der Waals surface area contributed by atoms with Gasteiger partial charge in [-0.1, -0.05) is 11.6 Å². The molecule has 9 nitrogen and oxygen atoms in total. The molecule has 0 aromatic heterocycles. The summed E-state index contributed by atoms with van der Waals surface area (Å²) in [6.45, 7) is 4.33. The summed E-state index contributed by atoms with van der Waals surface area (Å²) in [7, 11) is 0. The SMILES string of the molecule is CC(C)(C)OC(=O)N[C@@H](COc1ccc(Cl)cc1[N+](=O)[O-])C(=O)O. The van der Waals surface area contributed by atoms with Gasteiger partial charge in [-0.3, -0.25) is 10.1 Å². The number of carboxylic acid groups (broad SMARTS) is 1. The number of aliphatic carboxylic acids is 1. The highest BCUT2D eigenvalue weighted by atomic mass is 35.5. The Morgan fingerprint density at radius 3 is 2.54 bits per heavy atom. The third-order valence-electron chi connectivity index (χ3n) is 2.51. The number of benzene rings is 1. The van der Waals surface area contributed by atoms with Crippen LogP contribution in [0.15, 0.2) is 18.2 Å². The van der Waals surface area contributed by atoms with E-state index in [-0.39, 0.29) is 10.8 Å². The standard InChI is InChI=1S/C14H17ClN2O7/c1-14(2,3)24-13(20)16-9(12(18)19)7-23-11-5-4-8(15)6-10(11)17(21)22/h4-6,9H,7H2,1-3H3,(H,16,20)(H,18,19)/t9-/m0/s1. The van der Waals surface area contributed by atoms with Crippen molar-refractivity contribution in [1.29, 1.82) is 0 Å². The molecule has 2 N–H and O–H groups in total. The van der Waals surface area contributed by atoms with Gasteiger partial charge in [0.15, 0.2) is 11.8 Å². The zero-order chi connectivity index (χ0) is 18.5. The number of amides is 1. The lowest BCUT2D eigenvalue weighted by Crippen LogP contribution is -2.46. The first-order valence-corrected chi connectivity index (χ1v) is 7.16. The third-order valence-corrected chi connectivity index (χ3v) is 2.75. The molecule has 132 valence electrons. The van der Waals surface area contributed by atoms with Crippen LogP contribution in [0.2, 0.25) is 5.02 Å². The topological polar surface area (TPSA) is 128 Å². The van der Waals surface area contributed by atoms with Crippen LogP contribution in [-0.4, -0.2) is 40.3 Å². The average Bonchev–Trinajstić information content (AvgIpc) is 2.41. The Morgan fingerprint density at radius 1 is 1.42 bits per heavy atom. The molecule has 1 amide bonds. The van der Waals surface area contributed by atoms with Crippen molar-refractivity contribution in [2.45, 2.75) is 32.4 Å². The monoisotopic (exact) mass is 360 g/mol. The first kappa shape index (κ1) is 19.5. The highest BCUT2D eigenvalue weighted by Crippen LogP contribution is 2.29. The van der Waals surface area contributed by atoms with E-state index in [9.17, 15) is 19.7 Å². The second-order valence-corrected chi connectivity index (χ2v) is 6.15. The van der Waals surface area contributed by atoms with Crippen molar-refractivity contribution >= 4 is 29.4 Å². The molecule has 1 aromatic rings. The molecule has 0 aliphatic heterocycles. The second-order valence-electron chi connectivity index (χ2n) is 5.72.